The van der Waals surface area contributed by atoms with Gasteiger partial charge in [0.15, 0.2) is 5.41 Å². The predicted octanol–water partition coefficient (Wildman–Crippen LogP) is 2.71. The van der Waals surface area contributed by atoms with E-state index in [-0.39, 0.29) is 23.1 Å². The summed E-state index contributed by atoms with van der Waals surface area (Å²) in [6.07, 6.45) is 7.56. The van der Waals surface area contributed by atoms with Crippen molar-refractivity contribution in [2.24, 2.45) is 23.2 Å². The van der Waals surface area contributed by atoms with Gasteiger partial charge < -0.3 is 9.47 Å². The molecule has 0 amide bonds. The molecule has 116 valence electrons. The summed E-state index contributed by atoms with van der Waals surface area (Å²) in [6, 6.07) is 0. The van der Waals surface area contributed by atoms with Crippen molar-refractivity contribution in [2.75, 3.05) is 14.2 Å². The highest BCUT2D eigenvalue weighted by molar-refractivity contribution is 6.21. The van der Waals surface area contributed by atoms with E-state index in [0.29, 0.717) is 12.8 Å². The van der Waals surface area contributed by atoms with Gasteiger partial charge in [0.05, 0.1) is 19.6 Å². The lowest BCUT2D eigenvalue weighted by Crippen LogP contribution is -2.45. The summed E-state index contributed by atoms with van der Waals surface area (Å²) < 4.78 is 9.88. The number of rotatable bonds is 3. The first kappa shape index (κ1) is 16.1. The molecule has 1 saturated carbocycles. The molecule has 0 aromatic heterocycles. The highest BCUT2D eigenvalue weighted by Crippen LogP contribution is 2.55. The summed E-state index contributed by atoms with van der Waals surface area (Å²) in [5.74, 6) is -1.11. The molecule has 0 spiro atoms. The van der Waals surface area contributed by atoms with Crippen LogP contribution in [0.3, 0.4) is 0 Å². The van der Waals surface area contributed by atoms with Crippen molar-refractivity contribution in [3.63, 3.8) is 0 Å². The number of hydrogen-bond donors (Lipinski definition) is 0. The fourth-order valence-corrected chi connectivity index (χ4v) is 4.05. The number of alkyl halides is 1. The first-order chi connectivity index (χ1) is 10.0. The summed E-state index contributed by atoms with van der Waals surface area (Å²) in [5.41, 5.74) is -1.25. The largest absolute Gasteiger partial charge is 0.468 e. The third-order valence-corrected chi connectivity index (χ3v) is 5.21. The second-order valence-corrected chi connectivity index (χ2v) is 6.28. The number of halogens is 1. The smallest absolute Gasteiger partial charge is 0.323 e. The predicted molar refractivity (Wildman–Crippen MR) is 79.8 cm³/mol. The fourth-order valence-electron chi connectivity index (χ4n) is 3.84. The Morgan fingerprint density at radius 2 is 1.86 bits per heavy atom. The average Bonchev–Trinajstić information content (AvgIpc) is 2.70. The lowest BCUT2D eigenvalue weighted by atomic mass is 9.73. The molecular weight excluding hydrogens is 292 g/mol. The first-order valence-electron chi connectivity index (χ1n) is 7.13. The molecule has 1 fully saturated rings. The number of methoxy groups -OCH3 is 2. The van der Waals surface area contributed by atoms with Crippen molar-refractivity contribution in [3.8, 4) is 0 Å². The summed E-state index contributed by atoms with van der Waals surface area (Å²) in [7, 11) is 2.61. The van der Waals surface area contributed by atoms with E-state index >= 15 is 0 Å². The number of carbonyl (C=O) groups is 2. The van der Waals surface area contributed by atoms with E-state index in [2.05, 4.69) is 6.58 Å². The van der Waals surface area contributed by atoms with E-state index in [4.69, 9.17) is 21.1 Å². The molecule has 0 heterocycles. The standard InChI is InChI=1S/C16H21ClO4/c1-4-10-9-16(14(18)20-2,15(19)21-3)13-8-6-11(17)5-7-12(10)13/h4-5,7,10-13H,1,6,8-9H2,2-3H3/t10-,11+,12-,13-/m0/s1. The minimum Gasteiger partial charge on any atom is -0.468 e. The van der Waals surface area contributed by atoms with Gasteiger partial charge in [-0.05, 0) is 37.0 Å². The molecular formula is C16H21ClO4. The van der Waals surface area contributed by atoms with E-state index in [1.165, 1.54) is 14.2 Å². The van der Waals surface area contributed by atoms with Gasteiger partial charge in [-0.3, -0.25) is 9.59 Å². The number of hydrogen-bond acceptors (Lipinski definition) is 4. The molecule has 2 aliphatic rings. The molecule has 0 saturated heterocycles. The number of ether oxygens (including phenoxy) is 2. The first-order valence-corrected chi connectivity index (χ1v) is 7.56. The van der Waals surface area contributed by atoms with Crippen LogP contribution in [0.5, 0.6) is 0 Å². The fraction of sp³-hybridized carbons (Fsp3) is 0.625. The molecule has 0 bridgehead atoms. The molecule has 5 heteroatoms. The molecule has 2 aliphatic carbocycles. The second-order valence-electron chi connectivity index (χ2n) is 5.72. The summed E-state index contributed by atoms with van der Waals surface area (Å²) in [5, 5.41) is -0.0749. The van der Waals surface area contributed by atoms with Gasteiger partial charge in [-0.25, -0.2) is 0 Å². The molecule has 0 unspecified atom stereocenters. The monoisotopic (exact) mass is 312 g/mol. The van der Waals surface area contributed by atoms with Crippen LogP contribution >= 0.6 is 11.6 Å². The van der Waals surface area contributed by atoms with Gasteiger partial charge in [0.1, 0.15) is 0 Å². The van der Waals surface area contributed by atoms with Crippen molar-refractivity contribution < 1.29 is 19.1 Å². The minimum atomic E-state index is -1.25. The van der Waals surface area contributed by atoms with Gasteiger partial charge >= 0.3 is 11.9 Å². The zero-order chi connectivity index (χ0) is 15.6. The SMILES string of the molecule is C=C[C@H]1CC(C(=O)OC)(C(=O)OC)[C@H]2CC[C@H](Cl)C=C[C@@H]12. The van der Waals surface area contributed by atoms with Crippen LogP contribution in [0.2, 0.25) is 0 Å². The van der Waals surface area contributed by atoms with Gasteiger partial charge in [-0.2, -0.15) is 0 Å². The maximum atomic E-state index is 12.4. The van der Waals surface area contributed by atoms with Crippen LogP contribution in [0.1, 0.15) is 19.3 Å². The number of fused-ring (bicyclic) bond motifs is 1. The van der Waals surface area contributed by atoms with Gasteiger partial charge in [-0.1, -0.05) is 18.2 Å². The zero-order valence-corrected chi connectivity index (χ0v) is 13.1. The molecule has 21 heavy (non-hydrogen) atoms. The van der Waals surface area contributed by atoms with E-state index in [1.807, 2.05) is 18.2 Å². The Kier molecular flexibility index (Phi) is 4.77. The lowest BCUT2D eigenvalue weighted by Gasteiger charge is -2.31. The van der Waals surface area contributed by atoms with Gasteiger partial charge in [0.25, 0.3) is 0 Å². The Balaban J connectivity index is 2.50. The lowest BCUT2D eigenvalue weighted by molar-refractivity contribution is -0.173. The Bertz CT molecular complexity index is 455. The maximum Gasteiger partial charge on any atom is 0.323 e. The summed E-state index contributed by atoms with van der Waals surface area (Å²) >= 11 is 6.20. The Morgan fingerprint density at radius 1 is 1.24 bits per heavy atom. The Labute approximate surface area is 130 Å². The molecule has 0 radical (unpaired) electrons. The van der Waals surface area contributed by atoms with Crippen LogP contribution in [0.25, 0.3) is 0 Å². The van der Waals surface area contributed by atoms with E-state index in [9.17, 15) is 9.59 Å². The number of carbonyl (C=O) groups excluding carboxylic acids is 2. The van der Waals surface area contributed by atoms with Crippen molar-refractivity contribution in [3.05, 3.63) is 24.8 Å². The molecule has 2 rings (SSSR count). The average molecular weight is 313 g/mol. The number of esters is 2. The normalized spacial score (nSPS) is 33.7. The molecule has 4 atom stereocenters. The molecule has 0 N–H and O–H groups in total. The second kappa shape index (κ2) is 6.22. The van der Waals surface area contributed by atoms with E-state index in [1.54, 1.807) is 0 Å². The highest BCUT2D eigenvalue weighted by atomic mass is 35.5. The van der Waals surface area contributed by atoms with Crippen LogP contribution < -0.4 is 0 Å². The quantitative estimate of drug-likeness (QED) is 0.348. The van der Waals surface area contributed by atoms with Crippen molar-refractivity contribution in [1.82, 2.24) is 0 Å². The molecule has 0 aromatic rings. The van der Waals surface area contributed by atoms with Crippen LogP contribution in [0.15, 0.2) is 24.8 Å². The summed E-state index contributed by atoms with van der Waals surface area (Å²) in [6.45, 7) is 3.85. The Hall–Kier alpha value is -1.29. The minimum absolute atomic E-state index is 0.0337. The Morgan fingerprint density at radius 3 is 2.38 bits per heavy atom. The molecule has 0 aliphatic heterocycles. The van der Waals surface area contributed by atoms with Gasteiger partial charge in [-0.15, -0.1) is 18.2 Å². The van der Waals surface area contributed by atoms with Gasteiger partial charge in [0, 0.05) is 0 Å². The van der Waals surface area contributed by atoms with Crippen LogP contribution in [-0.2, 0) is 19.1 Å². The van der Waals surface area contributed by atoms with Crippen LogP contribution in [0, 0.1) is 23.2 Å². The third kappa shape index (κ3) is 2.50. The summed E-state index contributed by atoms with van der Waals surface area (Å²) in [4.78, 5) is 24.9. The van der Waals surface area contributed by atoms with Gasteiger partial charge in [0.2, 0.25) is 0 Å². The molecule has 4 nitrogen and oxygen atoms in total. The van der Waals surface area contributed by atoms with E-state index < -0.39 is 17.4 Å². The topological polar surface area (TPSA) is 52.6 Å². The van der Waals surface area contributed by atoms with Crippen molar-refractivity contribution >= 4 is 23.5 Å². The maximum absolute atomic E-state index is 12.4. The van der Waals surface area contributed by atoms with Crippen LogP contribution in [-0.4, -0.2) is 31.5 Å². The highest BCUT2D eigenvalue weighted by Gasteiger charge is 2.62. The van der Waals surface area contributed by atoms with E-state index in [0.717, 1.165) is 6.42 Å². The van der Waals surface area contributed by atoms with Crippen molar-refractivity contribution in [2.45, 2.75) is 24.6 Å². The molecule has 0 aromatic carbocycles. The zero-order valence-electron chi connectivity index (χ0n) is 12.4. The number of allylic oxidation sites excluding steroid dienone is 3. The van der Waals surface area contributed by atoms with Crippen molar-refractivity contribution in [1.29, 1.82) is 0 Å². The van der Waals surface area contributed by atoms with Crippen LogP contribution in [0.4, 0.5) is 0 Å². The third-order valence-electron chi connectivity index (χ3n) is 4.85.